The van der Waals surface area contributed by atoms with Crippen molar-refractivity contribution >= 4 is 0 Å². The average Bonchev–Trinajstić information content (AvgIpc) is 2.83. The molecule has 0 bridgehead atoms. The van der Waals surface area contributed by atoms with E-state index < -0.39 is 0 Å². The van der Waals surface area contributed by atoms with Crippen LogP contribution in [0.2, 0.25) is 0 Å². The summed E-state index contributed by atoms with van der Waals surface area (Å²) in [6, 6.07) is 11.1. The SMILES string of the molecule is CC(C)(C)C1OC1c1cc[c]cc1. The minimum atomic E-state index is 0.254. The standard InChI is InChI=1S/C12H15O/c1-12(2,3)11-10(13-11)9-7-5-4-6-8-9/h5-8,10-11H,1-3H3. The summed E-state index contributed by atoms with van der Waals surface area (Å²) in [5.41, 5.74) is 1.53. The number of rotatable bonds is 1. The van der Waals surface area contributed by atoms with Crippen LogP contribution in [0.1, 0.15) is 32.4 Å². The fraction of sp³-hybridized carbons (Fsp3) is 0.500. The Balaban J connectivity index is 2.09. The molecule has 0 aliphatic carbocycles. The van der Waals surface area contributed by atoms with Gasteiger partial charge in [-0.05, 0) is 17.0 Å². The second kappa shape index (κ2) is 2.85. The van der Waals surface area contributed by atoms with E-state index in [0.717, 1.165) is 0 Å². The van der Waals surface area contributed by atoms with Gasteiger partial charge in [0.25, 0.3) is 0 Å². The molecule has 2 unspecified atom stereocenters. The first-order valence-electron chi connectivity index (χ1n) is 4.70. The van der Waals surface area contributed by atoms with Crippen molar-refractivity contribution in [3.05, 3.63) is 35.9 Å². The zero-order valence-corrected chi connectivity index (χ0v) is 8.37. The largest absolute Gasteiger partial charge is 0.364 e. The van der Waals surface area contributed by atoms with Gasteiger partial charge in [-0.1, -0.05) is 45.0 Å². The molecule has 1 fully saturated rings. The van der Waals surface area contributed by atoms with E-state index in [9.17, 15) is 0 Å². The van der Waals surface area contributed by atoms with Crippen LogP contribution in [0.4, 0.5) is 0 Å². The summed E-state index contributed by atoms with van der Waals surface area (Å²) in [5, 5.41) is 0. The third-order valence-corrected chi connectivity index (χ3v) is 2.42. The summed E-state index contributed by atoms with van der Waals surface area (Å²) in [7, 11) is 0. The van der Waals surface area contributed by atoms with E-state index in [0.29, 0.717) is 12.2 Å². The summed E-state index contributed by atoms with van der Waals surface area (Å²) in [4.78, 5) is 0. The summed E-state index contributed by atoms with van der Waals surface area (Å²) in [5.74, 6) is 0. The quantitative estimate of drug-likeness (QED) is 0.598. The summed E-state index contributed by atoms with van der Waals surface area (Å²) < 4.78 is 5.65. The lowest BCUT2D eigenvalue weighted by atomic mass is 9.88. The molecule has 1 radical (unpaired) electrons. The predicted octanol–water partition coefficient (Wildman–Crippen LogP) is 2.97. The monoisotopic (exact) mass is 175 g/mol. The van der Waals surface area contributed by atoms with E-state index in [1.54, 1.807) is 0 Å². The normalized spacial score (nSPS) is 27.3. The third kappa shape index (κ3) is 1.75. The van der Waals surface area contributed by atoms with Gasteiger partial charge in [0.05, 0.1) is 6.10 Å². The zero-order chi connectivity index (χ0) is 9.47. The lowest BCUT2D eigenvalue weighted by molar-refractivity contribution is 0.261. The van der Waals surface area contributed by atoms with Gasteiger partial charge in [-0.3, -0.25) is 0 Å². The fourth-order valence-electron chi connectivity index (χ4n) is 1.61. The van der Waals surface area contributed by atoms with Crippen molar-refractivity contribution in [2.75, 3.05) is 0 Å². The highest BCUT2D eigenvalue weighted by Crippen LogP contribution is 2.48. The predicted molar refractivity (Wildman–Crippen MR) is 52.3 cm³/mol. The molecule has 1 aliphatic rings. The Bertz CT molecular complexity index is 284. The smallest absolute Gasteiger partial charge is 0.110 e. The third-order valence-electron chi connectivity index (χ3n) is 2.42. The van der Waals surface area contributed by atoms with E-state index in [2.05, 4.69) is 39.0 Å². The van der Waals surface area contributed by atoms with Crippen molar-refractivity contribution in [3.8, 4) is 0 Å². The molecule has 2 atom stereocenters. The van der Waals surface area contributed by atoms with Crippen molar-refractivity contribution in [3.63, 3.8) is 0 Å². The lowest BCUT2D eigenvalue weighted by Crippen LogP contribution is -2.14. The van der Waals surface area contributed by atoms with Gasteiger partial charge in [-0.2, -0.15) is 0 Å². The molecule has 1 saturated heterocycles. The van der Waals surface area contributed by atoms with Gasteiger partial charge in [0, 0.05) is 0 Å². The fourth-order valence-corrected chi connectivity index (χ4v) is 1.61. The van der Waals surface area contributed by atoms with E-state index >= 15 is 0 Å². The Morgan fingerprint density at radius 3 is 2.31 bits per heavy atom. The molecule has 1 aromatic rings. The van der Waals surface area contributed by atoms with Gasteiger partial charge in [0.15, 0.2) is 0 Å². The van der Waals surface area contributed by atoms with Gasteiger partial charge in [-0.15, -0.1) is 0 Å². The van der Waals surface area contributed by atoms with Crippen molar-refractivity contribution in [1.29, 1.82) is 0 Å². The van der Waals surface area contributed by atoms with Crippen LogP contribution in [0.3, 0.4) is 0 Å². The van der Waals surface area contributed by atoms with Crippen LogP contribution in [0.5, 0.6) is 0 Å². The van der Waals surface area contributed by atoms with Gasteiger partial charge >= 0.3 is 0 Å². The molecule has 0 spiro atoms. The first kappa shape index (κ1) is 8.76. The maximum Gasteiger partial charge on any atom is 0.110 e. The van der Waals surface area contributed by atoms with Gasteiger partial charge < -0.3 is 4.74 Å². The van der Waals surface area contributed by atoms with E-state index in [1.165, 1.54) is 5.56 Å². The van der Waals surface area contributed by atoms with Crippen LogP contribution >= 0.6 is 0 Å². The van der Waals surface area contributed by atoms with Crippen LogP contribution in [0.25, 0.3) is 0 Å². The number of hydrogen-bond donors (Lipinski definition) is 0. The zero-order valence-electron chi connectivity index (χ0n) is 8.37. The first-order chi connectivity index (χ1) is 6.09. The molecule has 0 saturated carbocycles. The lowest BCUT2D eigenvalue weighted by Gasteiger charge is -2.14. The molecule has 1 heterocycles. The van der Waals surface area contributed by atoms with Crippen molar-refractivity contribution < 1.29 is 4.74 Å². The van der Waals surface area contributed by atoms with Crippen LogP contribution < -0.4 is 0 Å². The van der Waals surface area contributed by atoms with Crippen molar-refractivity contribution in [1.82, 2.24) is 0 Å². The van der Waals surface area contributed by atoms with Gasteiger partial charge in [-0.25, -0.2) is 0 Å². The molecule has 13 heavy (non-hydrogen) atoms. The highest BCUT2D eigenvalue weighted by atomic mass is 16.6. The molecule has 69 valence electrons. The molecule has 0 N–H and O–H groups in total. The number of benzene rings is 1. The highest BCUT2D eigenvalue weighted by molar-refractivity contribution is 5.22. The Kier molecular flexibility index (Phi) is 1.92. The second-order valence-corrected chi connectivity index (χ2v) is 4.68. The maximum atomic E-state index is 5.65. The average molecular weight is 175 g/mol. The summed E-state index contributed by atoms with van der Waals surface area (Å²) in [6.07, 6.45) is 0.699. The van der Waals surface area contributed by atoms with Crippen LogP contribution in [0, 0.1) is 11.5 Å². The van der Waals surface area contributed by atoms with Crippen molar-refractivity contribution in [2.45, 2.75) is 33.0 Å². The summed E-state index contributed by atoms with van der Waals surface area (Å²) >= 11 is 0. The molecule has 1 aromatic carbocycles. The maximum absolute atomic E-state index is 5.65. The molecule has 0 amide bonds. The number of ether oxygens (including phenoxy) is 1. The molecule has 0 aromatic heterocycles. The molecule has 2 rings (SSSR count). The molecule has 1 heteroatoms. The first-order valence-corrected chi connectivity index (χ1v) is 4.70. The minimum absolute atomic E-state index is 0.254. The highest BCUT2D eigenvalue weighted by Gasteiger charge is 2.47. The Hall–Kier alpha value is -0.820. The van der Waals surface area contributed by atoms with Crippen LogP contribution in [-0.4, -0.2) is 6.10 Å². The molecule has 1 aliphatic heterocycles. The Morgan fingerprint density at radius 1 is 1.23 bits per heavy atom. The number of epoxide rings is 1. The van der Waals surface area contributed by atoms with Crippen LogP contribution in [-0.2, 0) is 4.74 Å². The summed E-state index contributed by atoms with van der Waals surface area (Å²) in [6.45, 7) is 6.65. The van der Waals surface area contributed by atoms with Gasteiger partial charge in [0.1, 0.15) is 6.10 Å². The topological polar surface area (TPSA) is 12.5 Å². The Labute approximate surface area is 79.7 Å². The van der Waals surface area contributed by atoms with E-state index in [1.807, 2.05) is 12.1 Å². The number of hydrogen-bond acceptors (Lipinski definition) is 1. The van der Waals surface area contributed by atoms with E-state index in [4.69, 9.17) is 4.74 Å². The second-order valence-electron chi connectivity index (χ2n) is 4.68. The van der Waals surface area contributed by atoms with Crippen LogP contribution in [0.15, 0.2) is 24.3 Å². The molecular weight excluding hydrogens is 160 g/mol. The molecular formula is C12H15O. The molecule has 1 nitrogen and oxygen atoms in total. The van der Waals surface area contributed by atoms with E-state index in [-0.39, 0.29) is 5.41 Å². The minimum Gasteiger partial charge on any atom is -0.364 e. The van der Waals surface area contributed by atoms with Gasteiger partial charge in [0.2, 0.25) is 0 Å². The van der Waals surface area contributed by atoms with Crippen molar-refractivity contribution in [2.24, 2.45) is 5.41 Å². The Morgan fingerprint density at radius 2 is 1.85 bits per heavy atom.